The van der Waals surface area contributed by atoms with Crippen LogP contribution >= 0.6 is 0 Å². The van der Waals surface area contributed by atoms with Gasteiger partial charge >= 0.3 is 0 Å². The molecule has 1 aliphatic rings. The van der Waals surface area contributed by atoms with Crippen LogP contribution in [0.15, 0.2) is 53.4 Å². The van der Waals surface area contributed by atoms with E-state index in [1.807, 2.05) is 6.07 Å². The average molecular weight is 355 g/mol. The van der Waals surface area contributed by atoms with Gasteiger partial charge in [-0.25, -0.2) is 8.42 Å². The maximum atomic E-state index is 12.4. The van der Waals surface area contributed by atoms with Crippen molar-refractivity contribution >= 4 is 21.6 Å². The molecule has 0 bridgehead atoms. The van der Waals surface area contributed by atoms with E-state index < -0.39 is 10.0 Å². The number of amides is 1. The second-order valence-electron chi connectivity index (χ2n) is 5.82. The normalized spacial score (nSPS) is 14.1. The predicted octanol–water partition coefficient (Wildman–Crippen LogP) is 2.60. The van der Waals surface area contributed by atoms with E-state index in [4.69, 9.17) is 5.26 Å². The number of anilines is 1. The Morgan fingerprint density at radius 1 is 1.00 bits per heavy atom. The highest BCUT2D eigenvalue weighted by atomic mass is 32.2. The minimum absolute atomic E-state index is 0.0287. The molecule has 128 valence electrons. The Labute approximate surface area is 146 Å². The van der Waals surface area contributed by atoms with E-state index in [1.165, 1.54) is 24.3 Å². The number of likely N-dealkylation sites (tertiary alicyclic amines) is 1. The number of benzene rings is 2. The highest BCUT2D eigenvalue weighted by Crippen LogP contribution is 2.19. The summed E-state index contributed by atoms with van der Waals surface area (Å²) in [6.45, 7) is 1.54. The zero-order chi connectivity index (χ0) is 17.9. The lowest BCUT2D eigenvalue weighted by atomic mass is 10.2. The fourth-order valence-electron chi connectivity index (χ4n) is 2.71. The summed E-state index contributed by atoms with van der Waals surface area (Å²) in [4.78, 5) is 14.2. The highest BCUT2D eigenvalue weighted by Gasteiger charge is 2.20. The molecule has 0 aliphatic carbocycles. The molecule has 3 rings (SSSR count). The van der Waals surface area contributed by atoms with Crippen molar-refractivity contribution in [2.45, 2.75) is 17.7 Å². The van der Waals surface area contributed by atoms with Crippen LogP contribution in [0, 0.1) is 11.3 Å². The molecule has 6 nitrogen and oxygen atoms in total. The standard InChI is InChI=1S/C18H17N3O3S/c19-13-14-3-9-17(10-4-14)25(23,24)20-16-7-5-15(6-8-16)18(22)21-11-1-2-12-21/h3-10,20H,1-2,11-12H2. The number of nitrogens with one attached hydrogen (secondary N) is 1. The first-order valence-electron chi connectivity index (χ1n) is 7.92. The summed E-state index contributed by atoms with van der Waals surface area (Å²) < 4.78 is 27.2. The zero-order valence-corrected chi connectivity index (χ0v) is 14.3. The van der Waals surface area contributed by atoms with E-state index in [2.05, 4.69) is 4.72 Å². The van der Waals surface area contributed by atoms with Crippen LogP contribution < -0.4 is 4.72 Å². The van der Waals surface area contributed by atoms with E-state index in [0.29, 0.717) is 16.8 Å². The second kappa shape index (κ2) is 6.95. The van der Waals surface area contributed by atoms with Crippen LogP contribution in [-0.4, -0.2) is 32.3 Å². The van der Waals surface area contributed by atoms with E-state index in [1.54, 1.807) is 29.2 Å². The van der Waals surface area contributed by atoms with E-state index in [0.717, 1.165) is 25.9 Å². The van der Waals surface area contributed by atoms with Gasteiger partial charge in [0.05, 0.1) is 16.5 Å². The SMILES string of the molecule is N#Cc1ccc(S(=O)(=O)Nc2ccc(C(=O)N3CCCC3)cc2)cc1. The van der Waals surface area contributed by atoms with Crippen LogP contribution in [0.4, 0.5) is 5.69 Å². The molecule has 2 aromatic carbocycles. The van der Waals surface area contributed by atoms with Crippen molar-refractivity contribution in [1.29, 1.82) is 5.26 Å². The second-order valence-corrected chi connectivity index (χ2v) is 7.50. The first-order valence-corrected chi connectivity index (χ1v) is 9.40. The quantitative estimate of drug-likeness (QED) is 0.913. The van der Waals surface area contributed by atoms with Crippen molar-refractivity contribution in [1.82, 2.24) is 4.90 Å². The summed E-state index contributed by atoms with van der Waals surface area (Å²) in [6.07, 6.45) is 2.04. The van der Waals surface area contributed by atoms with Crippen molar-refractivity contribution in [2.75, 3.05) is 17.8 Å². The molecule has 0 radical (unpaired) electrons. The minimum atomic E-state index is -3.74. The van der Waals surface area contributed by atoms with Gasteiger partial charge in [-0.2, -0.15) is 5.26 Å². The Morgan fingerprint density at radius 2 is 1.60 bits per heavy atom. The molecular formula is C18H17N3O3S. The molecule has 1 N–H and O–H groups in total. The summed E-state index contributed by atoms with van der Waals surface area (Å²) in [5.41, 5.74) is 1.31. The Hall–Kier alpha value is -2.85. The Morgan fingerprint density at radius 3 is 2.16 bits per heavy atom. The molecule has 0 atom stereocenters. The summed E-state index contributed by atoms with van der Waals surface area (Å²) in [6, 6.07) is 14.0. The number of hydrogen-bond acceptors (Lipinski definition) is 4. The monoisotopic (exact) mass is 355 g/mol. The fraction of sp³-hybridized carbons (Fsp3) is 0.222. The number of carbonyl (C=O) groups excluding carboxylic acids is 1. The number of nitrogens with zero attached hydrogens (tertiary/aromatic N) is 2. The summed E-state index contributed by atoms with van der Waals surface area (Å²) in [7, 11) is -3.74. The van der Waals surface area contributed by atoms with Crippen LogP contribution in [0.25, 0.3) is 0 Å². The van der Waals surface area contributed by atoms with Crippen molar-refractivity contribution in [3.63, 3.8) is 0 Å². The van der Waals surface area contributed by atoms with Gasteiger partial charge in [-0.05, 0) is 61.4 Å². The van der Waals surface area contributed by atoms with Gasteiger partial charge < -0.3 is 4.90 Å². The van der Waals surface area contributed by atoms with Crippen molar-refractivity contribution in [3.05, 3.63) is 59.7 Å². The lowest BCUT2D eigenvalue weighted by molar-refractivity contribution is 0.0793. The Balaban J connectivity index is 1.73. The van der Waals surface area contributed by atoms with Crippen molar-refractivity contribution in [3.8, 4) is 6.07 Å². The molecule has 0 aromatic heterocycles. The third kappa shape index (κ3) is 3.80. The van der Waals surface area contributed by atoms with Crippen LogP contribution in [-0.2, 0) is 10.0 Å². The molecule has 0 unspecified atom stereocenters. The molecule has 7 heteroatoms. The molecule has 1 heterocycles. The number of nitriles is 1. The molecule has 1 amide bonds. The molecule has 25 heavy (non-hydrogen) atoms. The fourth-order valence-corrected chi connectivity index (χ4v) is 3.76. The smallest absolute Gasteiger partial charge is 0.261 e. The molecule has 1 aliphatic heterocycles. The maximum Gasteiger partial charge on any atom is 0.261 e. The van der Waals surface area contributed by atoms with Gasteiger partial charge in [0, 0.05) is 24.3 Å². The third-order valence-corrected chi connectivity index (χ3v) is 5.47. The number of sulfonamides is 1. The van der Waals surface area contributed by atoms with Gasteiger partial charge in [0.15, 0.2) is 0 Å². The molecule has 1 saturated heterocycles. The minimum Gasteiger partial charge on any atom is -0.339 e. The van der Waals surface area contributed by atoms with Gasteiger partial charge in [0.1, 0.15) is 0 Å². The lowest BCUT2D eigenvalue weighted by Gasteiger charge is -2.15. The third-order valence-electron chi connectivity index (χ3n) is 4.07. The van der Waals surface area contributed by atoms with Crippen LogP contribution in [0.2, 0.25) is 0 Å². The van der Waals surface area contributed by atoms with Crippen LogP contribution in [0.3, 0.4) is 0 Å². The van der Waals surface area contributed by atoms with Gasteiger partial charge in [0.25, 0.3) is 15.9 Å². The number of hydrogen-bond donors (Lipinski definition) is 1. The Kier molecular flexibility index (Phi) is 4.72. The van der Waals surface area contributed by atoms with Gasteiger partial charge in [0.2, 0.25) is 0 Å². The van der Waals surface area contributed by atoms with Gasteiger partial charge in [-0.1, -0.05) is 0 Å². The largest absolute Gasteiger partial charge is 0.339 e. The molecule has 0 spiro atoms. The van der Waals surface area contributed by atoms with Crippen LogP contribution in [0.1, 0.15) is 28.8 Å². The number of carbonyl (C=O) groups is 1. The molecular weight excluding hydrogens is 338 g/mol. The topological polar surface area (TPSA) is 90.3 Å². The molecule has 2 aromatic rings. The van der Waals surface area contributed by atoms with Crippen LogP contribution in [0.5, 0.6) is 0 Å². The number of rotatable bonds is 4. The molecule has 1 fully saturated rings. The maximum absolute atomic E-state index is 12.4. The summed E-state index contributed by atoms with van der Waals surface area (Å²) in [5, 5.41) is 8.77. The predicted molar refractivity (Wildman–Crippen MR) is 93.5 cm³/mol. The van der Waals surface area contributed by atoms with Crippen molar-refractivity contribution < 1.29 is 13.2 Å². The van der Waals surface area contributed by atoms with Gasteiger partial charge in [-0.15, -0.1) is 0 Å². The first kappa shape index (κ1) is 17.0. The summed E-state index contributed by atoms with van der Waals surface area (Å²) in [5.74, 6) is -0.0287. The highest BCUT2D eigenvalue weighted by molar-refractivity contribution is 7.92. The van der Waals surface area contributed by atoms with Gasteiger partial charge in [-0.3, -0.25) is 9.52 Å². The van der Waals surface area contributed by atoms with Crippen molar-refractivity contribution in [2.24, 2.45) is 0 Å². The summed E-state index contributed by atoms with van der Waals surface area (Å²) >= 11 is 0. The molecule has 0 saturated carbocycles. The average Bonchev–Trinajstić information content (AvgIpc) is 3.16. The zero-order valence-electron chi connectivity index (χ0n) is 13.5. The Bertz CT molecular complexity index is 908. The van der Waals surface area contributed by atoms with E-state index in [9.17, 15) is 13.2 Å². The van der Waals surface area contributed by atoms with E-state index in [-0.39, 0.29) is 10.8 Å². The van der Waals surface area contributed by atoms with E-state index >= 15 is 0 Å². The lowest BCUT2D eigenvalue weighted by Crippen LogP contribution is -2.27. The first-order chi connectivity index (χ1) is 12.0.